The molecule has 0 aliphatic heterocycles. The Kier molecular flexibility index (Phi) is 5.10. The molecule has 1 aromatic carbocycles. The summed E-state index contributed by atoms with van der Waals surface area (Å²) in [5, 5.41) is 3.64. The molecule has 0 saturated heterocycles. The number of rotatable bonds is 5. The third-order valence-corrected chi connectivity index (χ3v) is 6.46. The Bertz CT molecular complexity index is 1280. The van der Waals surface area contributed by atoms with E-state index in [1.54, 1.807) is 11.3 Å². The SMILES string of the molecule is CC(C)Cn1c(N)c(-c2csc(Cc3nc4ccccc4s3)n2)c(=O)n(C)c1=O. The van der Waals surface area contributed by atoms with Gasteiger partial charge in [0, 0.05) is 19.0 Å². The molecule has 2 N–H and O–H groups in total. The van der Waals surface area contributed by atoms with Gasteiger partial charge in [-0.15, -0.1) is 22.7 Å². The minimum atomic E-state index is -0.427. The van der Waals surface area contributed by atoms with E-state index in [-0.39, 0.29) is 17.3 Å². The number of nitrogens with zero attached hydrogens (tertiary/aromatic N) is 4. The van der Waals surface area contributed by atoms with Gasteiger partial charge in [-0.25, -0.2) is 14.8 Å². The topological polar surface area (TPSA) is 95.8 Å². The van der Waals surface area contributed by atoms with Crippen LogP contribution in [0.25, 0.3) is 21.5 Å². The molecule has 0 unspecified atom stereocenters. The van der Waals surface area contributed by atoms with Crippen LogP contribution < -0.4 is 17.0 Å². The molecule has 3 aromatic heterocycles. The van der Waals surface area contributed by atoms with Gasteiger partial charge in [-0.3, -0.25) is 13.9 Å². The molecule has 0 atom stereocenters. The zero-order valence-corrected chi connectivity index (χ0v) is 18.0. The molecule has 0 spiro atoms. The minimum absolute atomic E-state index is 0.170. The molecule has 0 aliphatic carbocycles. The second-order valence-corrected chi connectivity index (χ2v) is 9.35. The zero-order chi connectivity index (χ0) is 20.7. The molecular formula is C20H21N5O2S2. The van der Waals surface area contributed by atoms with E-state index < -0.39 is 11.2 Å². The summed E-state index contributed by atoms with van der Waals surface area (Å²) in [7, 11) is 1.47. The Hall–Kier alpha value is -2.78. The summed E-state index contributed by atoms with van der Waals surface area (Å²) >= 11 is 3.10. The fourth-order valence-electron chi connectivity index (χ4n) is 3.20. The normalized spacial score (nSPS) is 11.6. The lowest BCUT2D eigenvalue weighted by Crippen LogP contribution is -2.41. The van der Waals surface area contributed by atoms with Crippen molar-refractivity contribution < 1.29 is 0 Å². The molecule has 0 bridgehead atoms. The number of fused-ring (bicyclic) bond motifs is 1. The minimum Gasteiger partial charge on any atom is -0.384 e. The number of nitrogens with two attached hydrogens (primary N) is 1. The van der Waals surface area contributed by atoms with Gasteiger partial charge in [0.05, 0.1) is 22.3 Å². The highest BCUT2D eigenvalue weighted by Crippen LogP contribution is 2.28. The lowest BCUT2D eigenvalue weighted by Gasteiger charge is -2.15. The number of benzene rings is 1. The number of hydrogen-bond acceptors (Lipinski definition) is 7. The van der Waals surface area contributed by atoms with Crippen molar-refractivity contribution in [3.8, 4) is 11.3 Å². The van der Waals surface area contributed by atoms with Gasteiger partial charge in [0.25, 0.3) is 5.56 Å². The van der Waals surface area contributed by atoms with Crippen molar-refractivity contribution in [1.29, 1.82) is 0 Å². The first-order chi connectivity index (χ1) is 13.8. The monoisotopic (exact) mass is 427 g/mol. The highest BCUT2D eigenvalue weighted by Gasteiger charge is 2.20. The largest absolute Gasteiger partial charge is 0.384 e. The summed E-state index contributed by atoms with van der Waals surface area (Å²) < 4.78 is 3.69. The summed E-state index contributed by atoms with van der Waals surface area (Å²) in [5.41, 5.74) is 7.17. The second-order valence-electron chi connectivity index (χ2n) is 7.29. The zero-order valence-electron chi connectivity index (χ0n) is 16.4. The lowest BCUT2D eigenvalue weighted by molar-refractivity contribution is 0.494. The van der Waals surface area contributed by atoms with E-state index in [1.165, 1.54) is 23.0 Å². The first kappa shape index (κ1) is 19.5. The Morgan fingerprint density at radius 2 is 1.90 bits per heavy atom. The summed E-state index contributed by atoms with van der Waals surface area (Å²) in [5.74, 6) is 0.383. The molecule has 0 fully saturated rings. The Morgan fingerprint density at radius 1 is 1.14 bits per heavy atom. The van der Waals surface area contributed by atoms with Crippen molar-refractivity contribution >= 4 is 38.7 Å². The van der Waals surface area contributed by atoms with Gasteiger partial charge in [-0.1, -0.05) is 26.0 Å². The highest BCUT2D eigenvalue weighted by atomic mass is 32.1. The molecule has 0 aliphatic rings. The van der Waals surface area contributed by atoms with Crippen molar-refractivity contribution in [2.45, 2.75) is 26.8 Å². The van der Waals surface area contributed by atoms with E-state index >= 15 is 0 Å². The van der Waals surface area contributed by atoms with Gasteiger partial charge in [-0.05, 0) is 18.1 Å². The molecule has 0 radical (unpaired) electrons. The molecule has 4 rings (SSSR count). The third-order valence-electron chi connectivity index (χ3n) is 4.58. The number of aromatic nitrogens is 4. The molecule has 150 valence electrons. The van der Waals surface area contributed by atoms with Crippen molar-refractivity contribution in [2.75, 3.05) is 5.73 Å². The lowest BCUT2D eigenvalue weighted by atomic mass is 10.2. The first-order valence-electron chi connectivity index (χ1n) is 9.23. The maximum absolute atomic E-state index is 12.8. The van der Waals surface area contributed by atoms with Crippen LogP contribution in [0.15, 0.2) is 39.2 Å². The van der Waals surface area contributed by atoms with E-state index in [0.717, 1.165) is 24.8 Å². The predicted octanol–water partition coefficient (Wildman–Crippen LogP) is 3.11. The van der Waals surface area contributed by atoms with E-state index in [4.69, 9.17) is 5.73 Å². The molecule has 9 heteroatoms. The van der Waals surface area contributed by atoms with Gasteiger partial charge >= 0.3 is 5.69 Å². The summed E-state index contributed by atoms with van der Waals surface area (Å²) in [6.07, 6.45) is 0.593. The van der Waals surface area contributed by atoms with Gasteiger partial charge in [0.1, 0.15) is 21.4 Å². The number of para-hydroxylation sites is 1. The molecule has 0 amide bonds. The van der Waals surface area contributed by atoms with Gasteiger partial charge < -0.3 is 5.73 Å². The molecule has 4 aromatic rings. The van der Waals surface area contributed by atoms with Crippen LogP contribution in [0, 0.1) is 5.92 Å². The number of anilines is 1. The van der Waals surface area contributed by atoms with Crippen molar-refractivity contribution in [3.05, 3.63) is 60.5 Å². The maximum Gasteiger partial charge on any atom is 0.332 e. The first-order valence-corrected chi connectivity index (χ1v) is 10.9. The Morgan fingerprint density at radius 3 is 2.62 bits per heavy atom. The van der Waals surface area contributed by atoms with Crippen LogP contribution in [0.1, 0.15) is 23.9 Å². The molecule has 0 saturated carbocycles. The van der Waals surface area contributed by atoms with Gasteiger partial charge in [-0.2, -0.15) is 0 Å². The van der Waals surface area contributed by atoms with Crippen LogP contribution in [-0.2, 0) is 20.0 Å². The summed E-state index contributed by atoms with van der Waals surface area (Å²) in [6, 6.07) is 8.01. The Labute approximate surface area is 175 Å². The summed E-state index contributed by atoms with van der Waals surface area (Å²) in [4.78, 5) is 34.5. The maximum atomic E-state index is 12.8. The fourth-order valence-corrected chi connectivity index (χ4v) is 5.05. The molecule has 29 heavy (non-hydrogen) atoms. The van der Waals surface area contributed by atoms with E-state index in [0.29, 0.717) is 18.7 Å². The van der Waals surface area contributed by atoms with Crippen LogP contribution in [0.2, 0.25) is 0 Å². The van der Waals surface area contributed by atoms with Crippen molar-refractivity contribution in [2.24, 2.45) is 13.0 Å². The molecule has 7 nitrogen and oxygen atoms in total. The van der Waals surface area contributed by atoms with Crippen LogP contribution in [0.5, 0.6) is 0 Å². The highest BCUT2D eigenvalue weighted by molar-refractivity contribution is 7.18. The van der Waals surface area contributed by atoms with Crippen LogP contribution >= 0.6 is 22.7 Å². The Balaban J connectivity index is 1.73. The predicted molar refractivity (Wildman–Crippen MR) is 119 cm³/mol. The number of hydrogen-bond donors (Lipinski definition) is 1. The van der Waals surface area contributed by atoms with E-state index in [9.17, 15) is 9.59 Å². The average molecular weight is 428 g/mol. The summed E-state index contributed by atoms with van der Waals surface area (Å²) in [6.45, 7) is 4.43. The number of nitrogen functional groups attached to an aromatic ring is 1. The molecular weight excluding hydrogens is 406 g/mol. The second kappa shape index (κ2) is 7.57. The van der Waals surface area contributed by atoms with Gasteiger partial charge in [0.15, 0.2) is 0 Å². The number of thiazole rings is 2. The van der Waals surface area contributed by atoms with E-state index in [2.05, 4.69) is 9.97 Å². The van der Waals surface area contributed by atoms with Gasteiger partial charge in [0.2, 0.25) is 0 Å². The van der Waals surface area contributed by atoms with Crippen LogP contribution in [0.4, 0.5) is 5.82 Å². The smallest absolute Gasteiger partial charge is 0.332 e. The van der Waals surface area contributed by atoms with Crippen molar-refractivity contribution in [3.63, 3.8) is 0 Å². The third kappa shape index (κ3) is 3.63. The quantitative estimate of drug-likeness (QED) is 0.528. The fraction of sp³-hybridized carbons (Fsp3) is 0.300. The van der Waals surface area contributed by atoms with E-state index in [1.807, 2.05) is 43.5 Å². The average Bonchev–Trinajstić information content (AvgIpc) is 3.30. The van der Waals surface area contributed by atoms with Crippen LogP contribution in [0.3, 0.4) is 0 Å². The standard InChI is InChI=1S/C20H21N5O2S2/c1-11(2)9-25-18(21)17(19(26)24(3)20(25)27)13-10-28-15(23-13)8-16-22-12-6-4-5-7-14(12)29-16/h4-7,10-11H,8-9,21H2,1-3H3. The molecule has 3 heterocycles. The van der Waals surface area contributed by atoms with Crippen molar-refractivity contribution in [1.82, 2.24) is 19.1 Å². The van der Waals surface area contributed by atoms with Crippen LogP contribution in [-0.4, -0.2) is 19.1 Å².